The fourth-order valence-electron chi connectivity index (χ4n) is 2.29. The van der Waals surface area contributed by atoms with Crippen LogP contribution in [-0.4, -0.2) is 20.9 Å². The lowest BCUT2D eigenvalue weighted by Crippen LogP contribution is -2.29. The number of aromatic nitrogens is 3. The number of thiazole rings is 1. The van der Waals surface area contributed by atoms with Gasteiger partial charge in [-0.15, -0.1) is 11.3 Å². The van der Waals surface area contributed by atoms with Crippen LogP contribution in [0.3, 0.4) is 0 Å². The number of H-pyrrole nitrogens is 2. The number of nitrogens with zero attached hydrogens (tertiary/aromatic N) is 1. The van der Waals surface area contributed by atoms with Crippen LogP contribution in [0.5, 0.6) is 0 Å². The van der Waals surface area contributed by atoms with Gasteiger partial charge in [0.25, 0.3) is 5.91 Å². The Kier molecular flexibility index (Phi) is 4.57. The largest absolute Gasteiger partial charge is 0.346 e. The molecule has 0 aliphatic carbocycles. The van der Waals surface area contributed by atoms with Gasteiger partial charge in [0.15, 0.2) is 0 Å². The van der Waals surface area contributed by atoms with Crippen molar-refractivity contribution in [3.63, 3.8) is 0 Å². The van der Waals surface area contributed by atoms with Crippen molar-refractivity contribution in [2.75, 3.05) is 0 Å². The van der Waals surface area contributed by atoms with Crippen LogP contribution in [0.2, 0.25) is 0 Å². The van der Waals surface area contributed by atoms with Crippen molar-refractivity contribution in [1.82, 2.24) is 20.3 Å². The van der Waals surface area contributed by atoms with Gasteiger partial charge >= 0.3 is 11.1 Å². The zero-order valence-electron chi connectivity index (χ0n) is 13.0. The fourth-order valence-corrected chi connectivity index (χ4v) is 3.19. The van der Waals surface area contributed by atoms with Crippen molar-refractivity contribution < 1.29 is 4.79 Å². The molecule has 3 rings (SSSR count). The van der Waals surface area contributed by atoms with Crippen molar-refractivity contribution in [3.8, 4) is 0 Å². The van der Waals surface area contributed by atoms with Crippen LogP contribution >= 0.6 is 11.3 Å². The van der Waals surface area contributed by atoms with Crippen molar-refractivity contribution in [3.05, 3.63) is 60.6 Å². The fraction of sp³-hybridized carbons (Fsp3) is 0.250. The van der Waals surface area contributed by atoms with Crippen molar-refractivity contribution in [2.45, 2.75) is 26.3 Å². The summed E-state index contributed by atoms with van der Waals surface area (Å²) in [6.07, 6.45) is 1.98. The predicted molar refractivity (Wildman–Crippen MR) is 92.5 cm³/mol. The van der Waals surface area contributed by atoms with Gasteiger partial charge in [-0.05, 0) is 31.0 Å². The minimum absolute atomic E-state index is 0.269. The molecule has 3 aromatic rings. The first-order valence-electron chi connectivity index (χ1n) is 7.54. The minimum Gasteiger partial charge on any atom is -0.346 e. The van der Waals surface area contributed by atoms with E-state index in [0.717, 1.165) is 23.5 Å². The third-order valence-electron chi connectivity index (χ3n) is 3.48. The number of aromatic amines is 2. The molecule has 0 unspecified atom stereocenters. The first kappa shape index (κ1) is 16.1. The maximum atomic E-state index is 12.2. The van der Waals surface area contributed by atoms with Crippen LogP contribution < -0.4 is 16.4 Å². The lowest BCUT2D eigenvalue weighted by atomic mass is 10.2. The van der Waals surface area contributed by atoms with E-state index in [-0.39, 0.29) is 5.91 Å². The van der Waals surface area contributed by atoms with Crippen LogP contribution in [0.25, 0.3) is 11.0 Å². The van der Waals surface area contributed by atoms with E-state index < -0.39 is 11.1 Å². The molecule has 7 nitrogen and oxygen atoms in total. The number of amides is 1. The second-order valence-electron chi connectivity index (χ2n) is 5.33. The topological polar surface area (TPSA) is 108 Å². The number of carbonyl (C=O) groups excluding carboxylic acids is 1. The van der Waals surface area contributed by atoms with E-state index in [1.54, 1.807) is 23.5 Å². The zero-order valence-corrected chi connectivity index (χ0v) is 13.8. The smallest absolute Gasteiger partial charge is 0.314 e. The van der Waals surface area contributed by atoms with E-state index in [9.17, 15) is 14.4 Å². The molecule has 0 aliphatic rings. The number of aryl methyl sites for hydroxylation is 1. The lowest BCUT2D eigenvalue weighted by molar-refractivity contribution is 0.0950. The van der Waals surface area contributed by atoms with E-state index in [4.69, 9.17) is 0 Å². The normalized spacial score (nSPS) is 10.9. The van der Waals surface area contributed by atoms with Crippen LogP contribution in [0, 0.1) is 0 Å². The van der Waals surface area contributed by atoms with Crippen LogP contribution in [0.4, 0.5) is 0 Å². The van der Waals surface area contributed by atoms with E-state index in [1.807, 2.05) is 5.38 Å². The van der Waals surface area contributed by atoms with Gasteiger partial charge in [0, 0.05) is 10.9 Å². The molecule has 3 N–H and O–H groups in total. The van der Waals surface area contributed by atoms with Crippen LogP contribution in [-0.2, 0) is 13.0 Å². The van der Waals surface area contributed by atoms with Gasteiger partial charge in [0.2, 0.25) is 0 Å². The third-order valence-corrected chi connectivity index (χ3v) is 4.44. The number of carbonyl (C=O) groups is 1. The molecule has 2 aromatic heterocycles. The van der Waals surface area contributed by atoms with E-state index >= 15 is 0 Å². The van der Waals surface area contributed by atoms with Gasteiger partial charge in [-0.2, -0.15) is 0 Å². The summed E-state index contributed by atoms with van der Waals surface area (Å²) in [6.45, 7) is 2.44. The molecule has 8 heteroatoms. The first-order chi connectivity index (χ1) is 11.6. The van der Waals surface area contributed by atoms with E-state index in [2.05, 4.69) is 27.2 Å². The Balaban J connectivity index is 1.74. The highest BCUT2D eigenvalue weighted by Crippen LogP contribution is 2.12. The number of fused-ring (bicyclic) bond motifs is 1. The molecule has 0 saturated heterocycles. The molecular weight excluding hydrogens is 328 g/mol. The Morgan fingerprint density at radius 1 is 1.21 bits per heavy atom. The van der Waals surface area contributed by atoms with E-state index in [0.29, 0.717) is 23.1 Å². The molecular formula is C16H16N4O3S. The summed E-state index contributed by atoms with van der Waals surface area (Å²) in [7, 11) is 0. The zero-order chi connectivity index (χ0) is 17.1. The molecule has 1 amide bonds. The summed E-state index contributed by atoms with van der Waals surface area (Å²) in [5.74, 6) is -0.269. The quantitative estimate of drug-likeness (QED) is 0.610. The highest BCUT2D eigenvalue weighted by molar-refractivity contribution is 7.09. The van der Waals surface area contributed by atoms with Gasteiger partial charge in [-0.3, -0.25) is 14.4 Å². The average molecular weight is 344 g/mol. The monoisotopic (exact) mass is 344 g/mol. The number of rotatable bonds is 5. The maximum Gasteiger partial charge on any atom is 0.314 e. The van der Waals surface area contributed by atoms with Crippen molar-refractivity contribution in [1.29, 1.82) is 0 Å². The van der Waals surface area contributed by atoms with Gasteiger partial charge in [0.1, 0.15) is 0 Å². The summed E-state index contributed by atoms with van der Waals surface area (Å²) in [6, 6.07) is 4.71. The van der Waals surface area contributed by atoms with Crippen LogP contribution in [0.1, 0.15) is 34.4 Å². The summed E-state index contributed by atoms with van der Waals surface area (Å²) in [4.78, 5) is 44.3. The molecule has 1 aromatic carbocycles. The van der Waals surface area contributed by atoms with Gasteiger partial charge < -0.3 is 15.3 Å². The number of hydrogen-bond acceptors (Lipinski definition) is 5. The summed E-state index contributed by atoms with van der Waals surface area (Å²) < 4.78 is 0. The first-order valence-corrected chi connectivity index (χ1v) is 8.42. The average Bonchev–Trinajstić information content (AvgIpc) is 3.01. The van der Waals surface area contributed by atoms with Crippen molar-refractivity contribution >= 4 is 28.3 Å². The number of benzene rings is 1. The predicted octanol–water partition coefficient (Wildman–Crippen LogP) is 1.56. The Bertz CT molecular complexity index is 1000. The van der Waals surface area contributed by atoms with Gasteiger partial charge in [0.05, 0.1) is 28.3 Å². The maximum absolute atomic E-state index is 12.2. The van der Waals surface area contributed by atoms with Crippen LogP contribution in [0.15, 0.2) is 33.2 Å². The summed E-state index contributed by atoms with van der Waals surface area (Å²) in [5, 5.41) is 5.80. The second kappa shape index (κ2) is 6.79. The molecule has 124 valence electrons. The summed E-state index contributed by atoms with van der Waals surface area (Å²) in [5.41, 5.74) is 0.646. The molecule has 0 aliphatic heterocycles. The highest BCUT2D eigenvalue weighted by atomic mass is 32.1. The Hall–Kier alpha value is -2.74. The van der Waals surface area contributed by atoms with Gasteiger partial charge in [-0.1, -0.05) is 6.92 Å². The number of hydrogen-bond donors (Lipinski definition) is 3. The SMILES string of the molecule is CCCc1nc(CNC(=O)c2ccc3[nH]c(=O)c(=O)[nH]c3c2)cs1. The Labute approximate surface area is 140 Å². The second-order valence-corrected chi connectivity index (χ2v) is 6.28. The van der Waals surface area contributed by atoms with Crippen molar-refractivity contribution in [2.24, 2.45) is 0 Å². The summed E-state index contributed by atoms with van der Waals surface area (Å²) >= 11 is 1.59. The van der Waals surface area contributed by atoms with Gasteiger partial charge in [-0.25, -0.2) is 4.98 Å². The minimum atomic E-state index is -0.744. The standard InChI is InChI=1S/C16H16N4O3S/c1-2-3-13-18-10(8-24-13)7-17-14(21)9-4-5-11-12(6-9)20-16(23)15(22)19-11/h4-6,8H,2-3,7H2,1H3,(H,17,21)(H,19,22)(H,20,23). The lowest BCUT2D eigenvalue weighted by Gasteiger charge is -2.05. The molecule has 0 fully saturated rings. The molecule has 0 radical (unpaired) electrons. The molecule has 0 spiro atoms. The third kappa shape index (κ3) is 3.43. The molecule has 0 saturated carbocycles. The molecule has 0 bridgehead atoms. The van der Waals surface area contributed by atoms with E-state index in [1.165, 1.54) is 6.07 Å². The Morgan fingerprint density at radius 2 is 1.96 bits per heavy atom. The molecule has 24 heavy (non-hydrogen) atoms. The molecule has 0 atom stereocenters. The number of nitrogens with one attached hydrogen (secondary N) is 3. The Morgan fingerprint density at radius 3 is 2.71 bits per heavy atom. The highest BCUT2D eigenvalue weighted by Gasteiger charge is 2.09. The molecule has 2 heterocycles.